The smallest absolute Gasteiger partial charge is 0.322 e. The lowest BCUT2D eigenvalue weighted by molar-refractivity contribution is 0.179. The Labute approximate surface area is 133 Å². The molecule has 0 fully saturated rings. The van der Waals surface area contributed by atoms with E-state index in [0.717, 1.165) is 11.3 Å². The van der Waals surface area contributed by atoms with Crippen LogP contribution >= 0.6 is 0 Å². The first-order chi connectivity index (χ1) is 10.3. The molecule has 1 rings (SSSR count). The van der Waals surface area contributed by atoms with Gasteiger partial charge in [0.05, 0.1) is 14.2 Å². The Morgan fingerprint density at radius 2 is 1.73 bits per heavy atom. The number of carbonyl (C=O) groups is 1. The maximum Gasteiger partial charge on any atom is 0.322 e. The Hall–Kier alpha value is -1.91. The minimum Gasteiger partial charge on any atom is -0.493 e. The molecule has 2 amide bonds. The van der Waals surface area contributed by atoms with E-state index in [2.05, 4.69) is 26.1 Å². The van der Waals surface area contributed by atoms with Crippen LogP contribution in [0.15, 0.2) is 12.1 Å². The summed E-state index contributed by atoms with van der Waals surface area (Å²) in [5.41, 5.74) is 1.66. The van der Waals surface area contributed by atoms with E-state index in [1.807, 2.05) is 24.8 Å². The van der Waals surface area contributed by atoms with Gasteiger partial charge in [-0.1, -0.05) is 13.8 Å². The zero-order chi connectivity index (χ0) is 16.9. The highest BCUT2D eigenvalue weighted by Gasteiger charge is 2.22. The van der Waals surface area contributed by atoms with E-state index in [1.54, 1.807) is 20.3 Å². The fourth-order valence-corrected chi connectivity index (χ4v) is 2.28. The second kappa shape index (κ2) is 7.92. The second-order valence-electron chi connectivity index (χ2n) is 5.72. The van der Waals surface area contributed by atoms with E-state index < -0.39 is 0 Å². The number of amides is 2. The molecule has 1 atom stereocenters. The molecule has 0 aliphatic heterocycles. The number of carbonyl (C=O) groups excluding carboxylic acids is 1. The predicted molar refractivity (Wildman–Crippen MR) is 90.0 cm³/mol. The summed E-state index contributed by atoms with van der Waals surface area (Å²) >= 11 is 0. The molecule has 0 spiro atoms. The Balaban J connectivity index is 3.00. The summed E-state index contributed by atoms with van der Waals surface area (Å²) < 4.78 is 10.6. The van der Waals surface area contributed by atoms with Gasteiger partial charge in [-0.15, -0.1) is 0 Å². The molecule has 0 saturated heterocycles. The van der Waals surface area contributed by atoms with Crippen LogP contribution in [-0.2, 0) is 0 Å². The molecule has 5 heteroatoms. The Morgan fingerprint density at radius 3 is 2.18 bits per heavy atom. The molecule has 5 nitrogen and oxygen atoms in total. The maximum absolute atomic E-state index is 12.5. The largest absolute Gasteiger partial charge is 0.493 e. The van der Waals surface area contributed by atoms with Crippen LogP contribution in [0, 0.1) is 12.8 Å². The summed E-state index contributed by atoms with van der Waals surface area (Å²) in [6.45, 7) is 10.9. The number of urea groups is 1. The Bertz CT molecular complexity index is 515. The summed E-state index contributed by atoms with van der Waals surface area (Å²) in [4.78, 5) is 14.4. The first-order valence-electron chi connectivity index (χ1n) is 7.65. The van der Waals surface area contributed by atoms with Crippen molar-refractivity contribution in [3.63, 3.8) is 0 Å². The van der Waals surface area contributed by atoms with Crippen molar-refractivity contribution >= 4 is 11.7 Å². The number of rotatable bonds is 6. The summed E-state index contributed by atoms with van der Waals surface area (Å²) in [5.74, 6) is 1.65. The van der Waals surface area contributed by atoms with Crippen LogP contribution < -0.4 is 14.8 Å². The van der Waals surface area contributed by atoms with Crippen LogP contribution in [0.3, 0.4) is 0 Å². The summed E-state index contributed by atoms with van der Waals surface area (Å²) in [5, 5.41) is 2.97. The van der Waals surface area contributed by atoms with Gasteiger partial charge in [-0.05, 0) is 38.3 Å². The van der Waals surface area contributed by atoms with Crippen molar-refractivity contribution in [1.29, 1.82) is 0 Å². The van der Waals surface area contributed by atoms with E-state index in [9.17, 15) is 4.79 Å². The molecule has 0 aliphatic rings. The molecule has 0 bridgehead atoms. The van der Waals surface area contributed by atoms with Gasteiger partial charge in [0.15, 0.2) is 11.5 Å². The number of hydrogen-bond donors (Lipinski definition) is 1. The van der Waals surface area contributed by atoms with Crippen LogP contribution in [0.4, 0.5) is 10.5 Å². The van der Waals surface area contributed by atoms with Gasteiger partial charge in [0, 0.05) is 24.3 Å². The third-order valence-corrected chi connectivity index (χ3v) is 4.03. The molecule has 1 aromatic carbocycles. The molecule has 0 radical (unpaired) electrons. The summed E-state index contributed by atoms with van der Waals surface area (Å²) in [6.07, 6.45) is 0. The van der Waals surface area contributed by atoms with Crippen molar-refractivity contribution in [3.8, 4) is 11.5 Å². The molecule has 0 saturated carbocycles. The first-order valence-corrected chi connectivity index (χ1v) is 7.65. The average molecular weight is 308 g/mol. The SMILES string of the molecule is CCN(C(=O)Nc1cc(OC)c(OC)cc1C)[C@@H](C)C(C)C. The van der Waals surface area contributed by atoms with E-state index in [-0.39, 0.29) is 12.1 Å². The lowest BCUT2D eigenvalue weighted by Crippen LogP contribution is -2.43. The average Bonchev–Trinajstić information content (AvgIpc) is 2.49. The second-order valence-corrected chi connectivity index (χ2v) is 5.72. The van der Waals surface area contributed by atoms with Gasteiger partial charge >= 0.3 is 6.03 Å². The Kier molecular flexibility index (Phi) is 6.53. The predicted octanol–water partition coefficient (Wildman–Crippen LogP) is 3.91. The number of ether oxygens (including phenoxy) is 2. The maximum atomic E-state index is 12.5. The van der Waals surface area contributed by atoms with Crippen molar-refractivity contribution in [2.24, 2.45) is 5.92 Å². The van der Waals surface area contributed by atoms with Crippen molar-refractivity contribution in [2.45, 2.75) is 40.7 Å². The third-order valence-electron chi connectivity index (χ3n) is 4.03. The number of anilines is 1. The lowest BCUT2D eigenvalue weighted by Gasteiger charge is -2.31. The van der Waals surface area contributed by atoms with Crippen molar-refractivity contribution in [1.82, 2.24) is 4.90 Å². The third kappa shape index (κ3) is 4.06. The highest BCUT2D eigenvalue weighted by Crippen LogP contribution is 2.33. The molecular formula is C17H28N2O3. The minimum atomic E-state index is -0.0981. The molecule has 22 heavy (non-hydrogen) atoms. The summed E-state index contributed by atoms with van der Waals surface area (Å²) in [6, 6.07) is 3.72. The zero-order valence-electron chi connectivity index (χ0n) is 14.7. The van der Waals surface area contributed by atoms with Gasteiger partial charge < -0.3 is 19.7 Å². The molecule has 0 aromatic heterocycles. The molecule has 1 N–H and O–H groups in total. The van der Waals surface area contributed by atoms with Crippen LogP contribution in [0.1, 0.15) is 33.3 Å². The first kappa shape index (κ1) is 18.1. The highest BCUT2D eigenvalue weighted by molar-refractivity contribution is 5.91. The highest BCUT2D eigenvalue weighted by atomic mass is 16.5. The summed E-state index contributed by atoms with van der Waals surface area (Å²) in [7, 11) is 3.18. The standard InChI is InChI=1S/C17H28N2O3/c1-8-19(13(5)11(2)3)17(20)18-14-10-16(22-7)15(21-6)9-12(14)4/h9-11,13H,8H2,1-7H3,(H,18,20)/t13-/m0/s1. The van der Waals surface area contributed by atoms with E-state index in [0.29, 0.717) is 24.0 Å². The normalized spacial score (nSPS) is 12.0. The number of nitrogens with one attached hydrogen (secondary N) is 1. The number of aryl methyl sites for hydroxylation is 1. The fourth-order valence-electron chi connectivity index (χ4n) is 2.28. The van der Waals surface area contributed by atoms with Gasteiger partial charge in [0.25, 0.3) is 0 Å². The number of nitrogens with zero attached hydrogens (tertiary/aromatic N) is 1. The van der Waals surface area contributed by atoms with Crippen LogP contribution in [0.2, 0.25) is 0 Å². The van der Waals surface area contributed by atoms with Gasteiger partial charge in [0.1, 0.15) is 0 Å². The number of benzene rings is 1. The molecule has 0 heterocycles. The lowest BCUT2D eigenvalue weighted by atomic mass is 10.1. The van der Waals surface area contributed by atoms with Crippen LogP contribution in [0.25, 0.3) is 0 Å². The molecule has 1 aromatic rings. The molecular weight excluding hydrogens is 280 g/mol. The molecule has 0 unspecified atom stereocenters. The molecule has 0 aliphatic carbocycles. The topological polar surface area (TPSA) is 50.8 Å². The fraction of sp³-hybridized carbons (Fsp3) is 0.588. The Morgan fingerprint density at radius 1 is 1.18 bits per heavy atom. The van der Waals surface area contributed by atoms with Crippen molar-refractivity contribution in [2.75, 3.05) is 26.1 Å². The van der Waals surface area contributed by atoms with Crippen molar-refractivity contribution < 1.29 is 14.3 Å². The molecule has 124 valence electrons. The van der Waals surface area contributed by atoms with Crippen molar-refractivity contribution in [3.05, 3.63) is 17.7 Å². The van der Waals surface area contributed by atoms with E-state index in [4.69, 9.17) is 9.47 Å². The monoisotopic (exact) mass is 308 g/mol. The van der Waals surface area contributed by atoms with Crippen LogP contribution in [0.5, 0.6) is 11.5 Å². The van der Waals surface area contributed by atoms with Gasteiger partial charge in [-0.2, -0.15) is 0 Å². The number of methoxy groups -OCH3 is 2. The quantitative estimate of drug-likeness (QED) is 0.867. The van der Waals surface area contributed by atoms with Gasteiger partial charge in [0.2, 0.25) is 0 Å². The zero-order valence-corrected chi connectivity index (χ0v) is 14.7. The minimum absolute atomic E-state index is 0.0981. The van der Waals surface area contributed by atoms with Crippen LogP contribution in [-0.4, -0.2) is 37.7 Å². The van der Waals surface area contributed by atoms with E-state index >= 15 is 0 Å². The number of hydrogen-bond acceptors (Lipinski definition) is 3. The van der Waals surface area contributed by atoms with E-state index in [1.165, 1.54) is 0 Å². The van der Waals surface area contributed by atoms with Gasteiger partial charge in [-0.3, -0.25) is 0 Å². The van der Waals surface area contributed by atoms with Gasteiger partial charge in [-0.25, -0.2) is 4.79 Å².